The molecule has 1 N–H and O–H groups in total. The Morgan fingerprint density at radius 3 is 2.80 bits per heavy atom. The molecule has 0 aliphatic rings. The summed E-state index contributed by atoms with van der Waals surface area (Å²) >= 11 is 0. The number of rotatable bonds is 6. The van der Waals surface area contributed by atoms with Crippen molar-refractivity contribution in [1.82, 2.24) is 14.8 Å². The second-order valence-electron chi connectivity index (χ2n) is 4.21. The molecule has 0 bridgehead atoms. The summed E-state index contributed by atoms with van der Waals surface area (Å²) in [5.41, 5.74) is 0. The Morgan fingerprint density at radius 1 is 1.47 bits per heavy atom. The van der Waals surface area contributed by atoms with Crippen LogP contribution in [0.2, 0.25) is 0 Å². The molecule has 1 aromatic heterocycles. The summed E-state index contributed by atoms with van der Waals surface area (Å²) in [6, 6.07) is 0.306. The molecule has 1 unspecified atom stereocenters. The highest BCUT2D eigenvalue weighted by atomic mass is 16.3. The Labute approximate surface area is 91.3 Å². The molecule has 1 aromatic rings. The summed E-state index contributed by atoms with van der Waals surface area (Å²) in [7, 11) is 0. The van der Waals surface area contributed by atoms with Crippen LogP contribution in [0.15, 0.2) is 6.33 Å². The molecule has 0 saturated carbocycles. The predicted octanol–water partition coefficient (Wildman–Crippen LogP) is 1.95. The Kier molecular flexibility index (Phi) is 4.75. The molecule has 1 heterocycles. The van der Waals surface area contributed by atoms with Crippen molar-refractivity contribution >= 4 is 0 Å². The summed E-state index contributed by atoms with van der Waals surface area (Å²) < 4.78 is 1.87. The molecule has 4 nitrogen and oxygen atoms in total. The molecule has 1 rings (SSSR count). The van der Waals surface area contributed by atoms with Gasteiger partial charge in [0.2, 0.25) is 0 Å². The molecule has 15 heavy (non-hydrogen) atoms. The van der Waals surface area contributed by atoms with Crippen LogP contribution >= 0.6 is 0 Å². The fourth-order valence-corrected chi connectivity index (χ4v) is 1.60. The van der Waals surface area contributed by atoms with Gasteiger partial charge in [-0.25, -0.2) is 9.67 Å². The summed E-state index contributed by atoms with van der Waals surface area (Å²) in [6.45, 7) is 6.26. The third kappa shape index (κ3) is 3.63. The van der Waals surface area contributed by atoms with Crippen molar-refractivity contribution in [3.63, 3.8) is 0 Å². The topological polar surface area (TPSA) is 50.9 Å². The van der Waals surface area contributed by atoms with Gasteiger partial charge in [0, 0.05) is 12.5 Å². The van der Waals surface area contributed by atoms with Crippen LogP contribution in [0, 0.1) is 0 Å². The van der Waals surface area contributed by atoms with Crippen molar-refractivity contribution in [1.29, 1.82) is 0 Å². The van der Waals surface area contributed by atoms with Crippen LogP contribution in [-0.4, -0.2) is 26.0 Å². The van der Waals surface area contributed by atoms with Gasteiger partial charge in [0.05, 0.1) is 6.10 Å². The van der Waals surface area contributed by atoms with Crippen LogP contribution in [0.1, 0.15) is 51.9 Å². The van der Waals surface area contributed by atoms with Gasteiger partial charge in [-0.3, -0.25) is 0 Å². The standard InChI is InChI=1S/C11H21N3O/c1-4-5-6-10(15)7-11-12-8-13-14(11)9(2)3/h8-10,15H,4-7H2,1-3H3. The van der Waals surface area contributed by atoms with E-state index in [-0.39, 0.29) is 6.10 Å². The summed E-state index contributed by atoms with van der Waals surface area (Å²) in [4.78, 5) is 4.18. The number of unbranched alkanes of at least 4 members (excludes halogenated alkanes) is 1. The van der Waals surface area contributed by atoms with E-state index in [1.165, 1.54) is 0 Å². The highest BCUT2D eigenvalue weighted by Crippen LogP contribution is 2.10. The van der Waals surface area contributed by atoms with Crippen LogP contribution in [0.5, 0.6) is 0 Å². The van der Waals surface area contributed by atoms with E-state index in [9.17, 15) is 5.11 Å². The maximum absolute atomic E-state index is 9.78. The SMILES string of the molecule is CCCCC(O)Cc1ncnn1C(C)C. The quantitative estimate of drug-likeness (QED) is 0.782. The van der Waals surface area contributed by atoms with Crippen LogP contribution in [0.4, 0.5) is 0 Å². The number of hydrogen-bond acceptors (Lipinski definition) is 3. The molecule has 4 heteroatoms. The Bertz CT molecular complexity index is 283. The first-order valence-corrected chi connectivity index (χ1v) is 5.71. The van der Waals surface area contributed by atoms with Crippen LogP contribution in [-0.2, 0) is 6.42 Å². The lowest BCUT2D eigenvalue weighted by molar-refractivity contribution is 0.157. The zero-order valence-corrected chi connectivity index (χ0v) is 9.85. The first-order chi connectivity index (χ1) is 7.15. The summed E-state index contributed by atoms with van der Waals surface area (Å²) in [6.07, 6.45) is 4.92. The van der Waals surface area contributed by atoms with Crippen molar-refractivity contribution in [2.45, 2.75) is 58.6 Å². The number of aliphatic hydroxyl groups is 1. The highest BCUT2D eigenvalue weighted by Gasteiger charge is 2.12. The van der Waals surface area contributed by atoms with Gasteiger partial charge in [0.1, 0.15) is 12.2 Å². The lowest BCUT2D eigenvalue weighted by Crippen LogP contribution is -2.16. The molecule has 86 valence electrons. The van der Waals surface area contributed by atoms with Gasteiger partial charge in [0.15, 0.2) is 0 Å². The summed E-state index contributed by atoms with van der Waals surface area (Å²) in [5, 5.41) is 13.9. The third-order valence-electron chi connectivity index (χ3n) is 2.45. The van der Waals surface area contributed by atoms with Gasteiger partial charge in [-0.15, -0.1) is 0 Å². The molecule has 0 amide bonds. The van der Waals surface area contributed by atoms with Gasteiger partial charge < -0.3 is 5.11 Å². The fourth-order valence-electron chi connectivity index (χ4n) is 1.60. The largest absolute Gasteiger partial charge is 0.393 e. The average Bonchev–Trinajstić information content (AvgIpc) is 2.62. The molecule has 0 aliphatic heterocycles. The Hall–Kier alpha value is -0.900. The van der Waals surface area contributed by atoms with Gasteiger partial charge in [-0.05, 0) is 20.3 Å². The normalized spacial score (nSPS) is 13.4. The van der Waals surface area contributed by atoms with E-state index in [1.54, 1.807) is 6.33 Å². The van der Waals surface area contributed by atoms with Crippen molar-refractivity contribution in [2.75, 3.05) is 0 Å². The van der Waals surface area contributed by atoms with Crippen LogP contribution < -0.4 is 0 Å². The molecule has 0 aromatic carbocycles. The average molecular weight is 211 g/mol. The van der Waals surface area contributed by atoms with E-state index >= 15 is 0 Å². The number of aromatic nitrogens is 3. The van der Waals surface area contributed by atoms with E-state index in [0.717, 1.165) is 25.1 Å². The highest BCUT2D eigenvalue weighted by molar-refractivity contribution is 4.89. The molecular weight excluding hydrogens is 190 g/mol. The Morgan fingerprint density at radius 2 is 2.20 bits per heavy atom. The van der Waals surface area contributed by atoms with E-state index < -0.39 is 0 Å². The molecule has 0 saturated heterocycles. The molecular formula is C11H21N3O. The molecule has 0 spiro atoms. The van der Waals surface area contributed by atoms with Gasteiger partial charge >= 0.3 is 0 Å². The third-order valence-corrected chi connectivity index (χ3v) is 2.45. The lowest BCUT2D eigenvalue weighted by atomic mass is 10.1. The van der Waals surface area contributed by atoms with Crippen molar-refractivity contribution < 1.29 is 5.11 Å². The van der Waals surface area contributed by atoms with Crippen molar-refractivity contribution in [3.05, 3.63) is 12.2 Å². The second-order valence-corrected chi connectivity index (χ2v) is 4.21. The molecule has 0 aliphatic carbocycles. The second kappa shape index (κ2) is 5.85. The minimum Gasteiger partial charge on any atom is -0.393 e. The smallest absolute Gasteiger partial charge is 0.138 e. The molecule has 1 atom stereocenters. The fraction of sp³-hybridized carbons (Fsp3) is 0.818. The van der Waals surface area contributed by atoms with Gasteiger partial charge in [-0.1, -0.05) is 19.8 Å². The van der Waals surface area contributed by atoms with E-state index in [0.29, 0.717) is 12.5 Å². The summed E-state index contributed by atoms with van der Waals surface area (Å²) in [5.74, 6) is 0.883. The van der Waals surface area contributed by atoms with Crippen LogP contribution in [0.3, 0.4) is 0 Å². The van der Waals surface area contributed by atoms with Crippen molar-refractivity contribution in [3.8, 4) is 0 Å². The minimum absolute atomic E-state index is 0.286. The monoisotopic (exact) mass is 211 g/mol. The first-order valence-electron chi connectivity index (χ1n) is 5.71. The van der Waals surface area contributed by atoms with E-state index in [1.807, 2.05) is 4.68 Å². The Balaban J connectivity index is 2.52. The van der Waals surface area contributed by atoms with E-state index in [4.69, 9.17) is 0 Å². The zero-order chi connectivity index (χ0) is 11.3. The minimum atomic E-state index is -0.286. The van der Waals surface area contributed by atoms with Gasteiger partial charge in [-0.2, -0.15) is 5.10 Å². The van der Waals surface area contributed by atoms with Gasteiger partial charge in [0.25, 0.3) is 0 Å². The number of nitrogens with zero attached hydrogens (tertiary/aromatic N) is 3. The lowest BCUT2D eigenvalue weighted by Gasteiger charge is -2.12. The molecule has 0 fully saturated rings. The maximum atomic E-state index is 9.78. The van der Waals surface area contributed by atoms with Crippen LogP contribution in [0.25, 0.3) is 0 Å². The van der Waals surface area contributed by atoms with Crippen molar-refractivity contribution in [2.24, 2.45) is 0 Å². The molecule has 0 radical (unpaired) electrons. The number of hydrogen-bond donors (Lipinski definition) is 1. The predicted molar refractivity (Wildman–Crippen MR) is 59.6 cm³/mol. The zero-order valence-electron chi connectivity index (χ0n) is 9.85. The van der Waals surface area contributed by atoms with E-state index in [2.05, 4.69) is 30.9 Å². The first kappa shape index (κ1) is 12.2. The number of aliphatic hydroxyl groups excluding tert-OH is 1. The maximum Gasteiger partial charge on any atom is 0.138 e.